The zero-order valence-corrected chi connectivity index (χ0v) is 13.7. The molecule has 7 heteroatoms. The summed E-state index contributed by atoms with van der Waals surface area (Å²) < 4.78 is 18.7. The number of hydrogen-bond donors (Lipinski definition) is 2. The monoisotopic (exact) mass is 350 g/mol. The number of carbonyl (C=O) groups is 2. The number of hydrogen-bond acceptors (Lipinski definition) is 3. The fourth-order valence-electron chi connectivity index (χ4n) is 2.02. The van der Waals surface area contributed by atoms with Crippen LogP contribution in [-0.2, 0) is 4.79 Å². The van der Waals surface area contributed by atoms with Crippen molar-refractivity contribution >= 4 is 29.1 Å². The number of rotatable bonds is 6. The van der Waals surface area contributed by atoms with Gasteiger partial charge >= 0.3 is 0 Å². The molecule has 126 valence electrons. The Morgan fingerprint density at radius 3 is 2.67 bits per heavy atom. The van der Waals surface area contributed by atoms with Crippen molar-refractivity contribution in [3.8, 4) is 5.75 Å². The van der Waals surface area contributed by atoms with Gasteiger partial charge in [-0.3, -0.25) is 9.59 Å². The Bertz CT molecular complexity index is 752. The lowest BCUT2D eigenvalue weighted by Gasteiger charge is -2.09. The number of nitrogens with one attached hydrogen (secondary N) is 2. The SMILES string of the molecule is COc1ccccc1C(=O)NCCC(=O)Nc1ccc(Cl)cc1F. The zero-order valence-electron chi connectivity index (χ0n) is 12.9. The van der Waals surface area contributed by atoms with Crippen LogP contribution in [0.2, 0.25) is 5.02 Å². The van der Waals surface area contributed by atoms with Gasteiger partial charge in [0.05, 0.1) is 18.4 Å². The van der Waals surface area contributed by atoms with Crippen molar-refractivity contribution in [2.45, 2.75) is 6.42 Å². The van der Waals surface area contributed by atoms with Gasteiger partial charge in [-0.25, -0.2) is 4.39 Å². The normalized spacial score (nSPS) is 10.1. The van der Waals surface area contributed by atoms with Gasteiger partial charge in [-0.1, -0.05) is 23.7 Å². The maximum Gasteiger partial charge on any atom is 0.255 e. The highest BCUT2D eigenvalue weighted by atomic mass is 35.5. The van der Waals surface area contributed by atoms with Crippen LogP contribution < -0.4 is 15.4 Å². The first-order valence-electron chi connectivity index (χ1n) is 7.17. The average Bonchev–Trinajstić information content (AvgIpc) is 2.57. The highest BCUT2D eigenvalue weighted by Gasteiger charge is 2.12. The lowest BCUT2D eigenvalue weighted by molar-refractivity contribution is -0.116. The van der Waals surface area contributed by atoms with Crippen molar-refractivity contribution in [3.05, 3.63) is 58.9 Å². The van der Waals surface area contributed by atoms with E-state index in [1.165, 1.54) is 19.2 Å². The van der Waals surface area contributed by atoms with E-state index in [0.717, 1.165) is 6.07 Å². The van der Waals surface area contributed by atoms with E-state index < -0.39 is 11.7 Å². The second-order valence-corrected chi connectivity index (χ2v) is 5.31. The summed E-state index contributed by atoms with van der Waals surface area (Å²) in [6.45, 7) is 0.109. The Morgan fingerprint density at radius 1 is 1.21 bits per heavy atom. The molecule has 2 amide bonds. The first kappa shape index (κ1) is 17.7. The molecule has 0 radical (unpaired) electrons. The summed E-state index contributed by atoms with van der Waals surface area (Å²) in [4.78, 5) is 23.9. The van der Waals surface area contributed by atoms with Crippen LogP contribution in [0.1, 0.15) is 16.8 Å². The molecule has 0 heterocycles. The molecule has 0 atom stereocenters. The number of para-hydroxylation sites is 1. The van der Waals surface area contributed by atoms with Crippen LogP contribution in [0.3, 0.4) is 0 Å². The Balaban J connectivity index is 1.85. The van der Waals surface area contributed by atoms with Crippen LogP contribution >= 0.6 is 11.6 Å². The molecule has 24 heavy (non-hydrogen) atoms. The minimum atomic E-state index is -0.617. The summed E-state index contributed by atoms with van der Waals surface area (Å²) in [5.74, 6) is -0.939. The van der Waals surface area contributed by atoms with Gasteiger partial charge in [0, 0.05) is 18.0 Å². The number of benzene rings is 2. The molecule has 2 N–H and O–H groups in total. The fourth-order valence-corrected chi connectivity index (χ4v) is 2.18. The van der Waals surface area contributed by atoms with Crippen molar-refractivity contribution in [1.29, 1.82) is 0 Å². The Hall–Kier alpha value is -2.60. The molecule has 0 spiro atoms. The molecule has 0 fully saturated rings. The Labute approximate surface area is 143 Å². The summed E-state index contributed by atoms with van der Waals surface area (Å²) in [6.07, 6.45) is 0.00293. The summed E-state index contributed by atoms with van der Waals surface area (Å²) >= 11 is 5.64. The van der Waals surface area contributed by atoms with Gasteiger partial charge < -0.3 is 15.4 Å². The third-order valence-corrected chi connectivity index (χ3v) is 3.43. The van der Waals surface area contributed by atoms with E-state index in [1.54, 1.807) is 24.3 Å². The summed E-state index contributed by atoms with van der Waals surface area (Å²) in [6, 6.07) is 10.7. The van der Waals surface area contributed by atoms with Crippen molar-refractivity contribution in [1.82, 2.24) is 5.32 Å². The van der Waals surface area contributed by atoms with Gasteiger partial charge in [-0.15, -0.1) is 0 Å². The molecule has 2 aromatic rings. The van der Waals surface area contributed by atoms with Crippen LogP contribution in [0, 0.1) is 5.82 Å². The standard InChI is InChI=1S/C17H16ClFN2O3/c1-24-15-5-3-2-4-12(15)17(23)20-9-8-16(22)21-14-7-6-11(18)10-13(14)19/h2-7,10H,8-9H2,1H3,(H,20,23)(H,21,22). The van der Waals surface area contributed by atoms with Gasteiger partial charge in [0.15, 0.2) is 0 Å². The molecule has 0 aliphatic heterocycles. The van der Waals surface area contributed by atoms with E-state index in [-0.39, 0.29) is 29.6 Å². The topological polar surface area (TPSA) is 67.4 Å². The van der Waals surface area contributed by atoms with Gasteiger partial charge in [-0.2, -0.15) is 0 Å². The predicted molar refractivity (Wildman–Crippen MR) is 90.0 cm³/mol. The van der Waals surface area contributed by atoms with Gasteiger partial charge in [0.1, 0.15) is 11.6 Å². The van der Waals surface area contributed by atoms with Gasteiger partial charge in [0.25, 0.3) is 5.91 Å². The van der Waals surface area contributed by atoms with Crippen molar-refractivity contribution < 1.29 is 18.7 Å². The Kier molecular flexibility index (Phi) is 6.14. The molecule has 2 rings (SSSR count). The average molecular weight is 351 g/mol. The molecule has 0 saturated heterocycles. The van der Waals surface area contributed by atoms with E-state index in [4.69, 9.17) is 16.3 Å². The lowest BCUT2D eigenvalue weighted by atomic mass is 10.2. The maximum atomic E-state index is 13.6. The molecule has 0 aliphatic carbocycles. The van der Waals surface area contributed by atoms with Crippen molar-refractivity contribution in [2.75, 3.05) is 19.0 Å². The number of methoxy groups -OCH3 is 1. The van der Waals surface area contributed by atoms with E-state index in [0.29, 0.717) is 11.3 Å². The molecule has 0 aromatic heterocycles. The molecule has 0 unspecified atom stereocenters. The number of ether oxygens (including phenoxy) is 1. The number of halogens is 2. The van der Waals surface area contributed by atoms with Crippen LogP contribution in [0.15, 0.2) is 42.5 Å². The molecular formula is C17H16ClFN2O3. The number of anilines is 1. The lowest BCUT2D eigenvalue weighted by Crippen LogP contribution is -2.28. The summed E-state index contributed by atoms with van der Waals surface area (Å²) in [7, 11) is 1.47. The predicted octanol–water partition coefficient (Wildman–Crippen LogP) is 3.25. The first-order valence-corrected chi connectivity index (χ1v) is 7.55. The second kappa shape index (κ2) is 8.31. The quantitative estimate of drug-likeness (QED) is 0.840. The smallest absolute Gasteiger partial charge is 0.255 e. The minimum absolute atomic E-state index is 0.00293. The second-order valence-electron chi connectivity index (χ2n) is 4.88. The molecule has 0 saturated carbocycles. The maximum absolute atomic E-state index is 13.6. The van der Waals surface area contributed by atoms with Crippen molar-refractivity contribution in [3.63, 3.8) is 0 Å². The fraction of sp³-hybridized carbons (Fsp3) is 0.176. The summed E-state index contributed by atoms with van der Waals surface area (Å²) in [5, 5.41) is 5.29. The third-order valence-electron chi connectivity index (χ3n) is 3.19. The van der Waals surface area contributed by atoms with Crippen molar-refractivity contribution in [2.24, 2.45) is 0 Å². The van der Waals surface area contributed by atoms with E-state index in [9.17, 15) is 14.0 Å². The minimum Gasteiger partial charge on any atom is -0.496 e. The highest BCUT2D eigenvalue weighted by molar-refractivity contribution is 6.30. The van der Waals surface area contributed by atoms with Crippen LogP contribution in [0.25, 0.3) is 0 Å². The number of carbonyl (C=O) groups excluding carboxylic acids is 2. The first-order chi connectivity index (χ1) is 11.5. The molecule has 0 bridgehead atoms. The van der Waals surface area contributed by atoms with Crippen LogP contribution in [-0.4, -0.2) is 25.5 Å². The summed E-state index contributed by atoms with van der Waals surface area (Å²) in [5.41, 5.74) is 0.421. The largest absolute Gasteiger partial charge is 0.496 e. The Morgan fingerprint density at radius 2 is 1.96 bits per heavy atom. The van der Waals surface area contributed by atoms with Gasteiger partial charge in [0.2, 0.25) is 5.91 Å². The highest BCUT2D eigenvalue weighted by Crippen LogP contribution is 2.19. The van der Waals surface area contributed by atoms with Crippen LogP contribution in [0.5, 0.6) is 5.75 Å². The third kappa shape index (κ3) is 4.70. The molecule has 5 nitrogen and oxygen atoms in total. The molecule has 2 aromatic carbocycles. The molecular weight excluding hydrogens is 335 g/mol. The van der Waals surface area contributed by atoms with E-state index in [2.05, 4.69) is 10.6 Å². The van der Waals surface area contributed by atoms with Crippen LogP contribution in [0.4, 0.5) is 10.1 Å². The van der Waals surface area contributed by atoms with E-state index >= 15 is 0 Å². The molecule has 0 aliphatic rings. The zero-order chi connectivity index (χ0) is 17.5. The number of amides is 2. The van der Waals surface area contributed by atoms with E-state index in [1.807, 2.05) is 0 Å². The van der Waals surface area contributed by atoms with Gasteiger partial charge in [-0.05, 0) is 30.3 Å².